The number of nitrogens with two attached hydrogens (primary N) is 1. The van der Waals surface area contributed by atoms with E-state index in [1.165, 1.54) is 30.7 Å². The van der Waals surface area contributed by atoms with E-state index in [0.29, 0.717) is 22.2 Å². The third-order valence-corrected chi connectivity index (χ3v) is 8.51. The second-order valence-electron chi connectivity index (χ2n) is 8.71. The third kappa shape index (κ3) is 4.09. The molecule has 3 aromatic rings. The van der Waals surface area contributed by atoms with E-state index in [2.05, 4.69) is 27.0 Å². The van der Waals surface area contributed by atoms with Crippen LogP contribution in [0.4, 0.5) is 11.6 Å². The Hall–Kier alpha value is -2.62. The van der Waals surface area contributed by atoms with E-state index in [9.17, 15) is 4.79 Å². The maximum atomic E-state index is 11.7. The summed E-state index contributed by atoms with van der Waals surface area (Å²) < 4.78 is 1.94. The molecule has 3 heterocycles. The van der Waals surface area contributed by atoms with Crippen molar-refractivity contribution in [2.45, 2.75) is 47.9 Å². The van der Waals surface area contributed by atoms with Crippen molar-refractivity contribution < 1.29 is 4.79 Å². The predicted octanol–water partition coefficient (Wildman–Crippen LogP) is 4.15. The largest absolute Gasteiger partial charge is 0.342 e. The molecule has 1 aromatic carbocycles. The zero-order valence-corrected chi connectivity index (χ0v) is 19.8. The summed E-state index contributed by atoms with van der Waals surface area (Å²) in [4.78, 5) is 20.4. The lowest BCUT2D eigenvalue weighted by molar-refractivity contribution is -0.111. The summed E-state index contributed by atoms with van der Waals surface area (Å²) in [6.45, 7) is 5.33. The molecule has 0 bridgehead atoms. The van der Waals surface area contributed by atoms with Gasteiger partial charge in [-0.15, -0.1) is 10.2 Å². The number of carbonyl (C=O) groups is 1. The lowest BCUT2D eigenvalue weighted by Gasteiger charge is -2.42. The molecular formula is C23H26ClN7OS. The number of piperidine rings is 1. The molecule has 3 N–H and O–H groups in total. The van der Waals surface area contributed by atoms with Gasteiger partial charge in [-0.2, -0.15) is 0 Å². The lowest BCUT2D eigenvalue weighted by atomic mass is 9.74. The molecule has 1 aliphatic heterocycles. The number of fused-ring (bicyclic) bond motifs is 1. The van der Waals surface area contributed by atoms with Crippen LogP contribution < -0.4 is 16.0 Å². The molecule has 1 unspecified atom stereocenters. The van der Waals surface area contributed by atoms with Crippen molar-refractivity contribution in [3.8, 4) is 0 Å². The number of halogens is 1. The van der Waals surface area contributed by atoms with Gasteiger partial charge in [0.25, 0.3) is 0 Å². The van der Waals surface area contributed by atoms with Gasteiger partial charge in [0.05, 0.1) is 15.6 Å². The molecule has 5 rings (SSSR count). The summed E-state index contributed by atoms with van der Waals surface area (Å²) in [7, 11) is 0. The highest BCUT2D eigenvalue weighted by Gasteiger charge is 2.43. The topological polar surface area (TPSA) is 101 Å². The quantitative estimate of drug-likeness (QED) is 0.525. The number of hydrogen-bond donors (Lipinski definition) is 2. The summed E-state index contributed by atoms with van der Waals surface area (Å²) in [6, 6.07) is 5.80. The SMILES string of the molecule is C=CC(=O)Nc1cccc(Sc2cnc(N3CCC4(CCCC4N)CC3)n3cnnc23)c1Cl. The molecule has 33 heavy (non-hydrogen) atoms. The second kappa shape index (κ2) is 8.96. The monoisotopic (exact) mass is 483 g/mol. The molecule has 2 aliphatic rings. The molecule has 0 radical (unpaired) electrons. The molecule has 1 spiro atoms. The Morgan fingerprint density at radius 1 is 1.30 bits per heavy atom. The minimum atomic E-state index is -0.313. The van der Waals surface area contributed by atoms with Gasteiger partial charge < -0.3 is 16.0 Å². The van der Waals surface area contributed by atoms with Crippen LogP contribution in [0.2, 0.25) is 5.02 Å². The first-order valence-electron chi connectivity index (χ1n) is 11.1. The fourth-order valence-corrected chi connectivity index (χ4v) is 6.23. The first kappa shape index (κ1) is 22.2. The Balaban J connectivity index is 1.39. The summed E-state index contributed by atoms with van der Waals surface area (Å²) in [5.74, 6) is 0.533. The second-order valence-corrected chi connectivity index (χ2v) is 10.2. The van der Waals surface area contributed by atoms with Crippen LogP contribution in [0.5, 0.6) is 0 Å². The van der Waals surface area contributed by atoms with Crippen molar-refractivity contribution in [3.63, 3.8) is 0 Å². The molecule has 10 heteroatoms. The zero-order valence-electron chi connectivity index (χ0n) is 18.2. The standard InChI is InChI=1S/C23H26ClN7OS/c1-2-19(32)28-15-5-3-6-16(20(15)24)33-17-13-26-22(31-14-27-29-21(17)31)30-11-9-23(10-12-30)8-4-7-18(23)25/h2-3,5-6,13-14,18H,1,4,7-12,25H2,(H,28,32). The smallest absolute Gasteiger partial charge is 0.247 e. The molecule has 1 atom stereocenters. The van der Waals surface area contributed by atoms with Crippen LogP contribution in [0.15, 0.2) is 53.2 Å². The van der Waals surface area contributed by atoms with Gasteiger partial charge >= 0.3 is 0 Å². The summed E-state index contributed by atoms with van der Waals surface area (Å²) in [6.07, 6.45) is 10.5. The molecule has 1 amide bonds. The molecule has 8 nitrogen and oxygen atoms in total. The highest BCUT2D eigenvalue weighted by atomic mass is 35.5. The zero-order chi connectivity index (χ0) is 23.0. The molecule has 2 aromatic heterocycles. The summed E-state index contributed by atoms with van der Waals surface area (Å²) in [5.41, 5.74) is 8.00. The highest BCUT2D eigenvalue weighted by Crippen LogP contribution is 2.46. The number of benzene rings is 1. The van der Waals surface area contributed by atoms with Crippen LogP contribution in [0.3, 0.4) is 0 Å². The van der Waals surface area contributed by atoms with Gasteiger partial charge in [-0.05, 0) is 49.3 Å². The number of rotatable bonds is 5. The maximum absolute atomic E-state index is 11.7. The van der Waals surface area contributed by atoms with Gasteiger partial charge in [-0.3, -0.25) is 4.79 Å². The van der Waals surface area contributed by atoms with Crippen molar-refractivity contribution in [3.05, 3.63) is 48.4 Å². The van der Waals surface area contributed by atoms with Crippen molar-refractivity contribution in [2.24, 2.45) is 11.1 Å². The van der Waals surface area contributed by atoms with E-state index in [1.807, 2.05) is 22.7 Å². The molecule has 172 valence electrons. The molecule has 1 saturated carbocycles. The van der Waals surface area contributed by atoms with E-state index >= 15 is 0 Å². The van der Waals surface area contributed by atoms with E-state index < -0.39 is 0 Å². The Morgan fingerprint density at radius 3 is 2.85 bits per heavy atom. The lowest BCUT2D eigenvalue weighted by Crippen LogP contribution is -2.47. The van der Waals surface area contributed by atoms with E-state index in [1.54, 1.807) is 12.4 Å². The fourth-order valence-electron chi connectivity index (χ4n) is 5.02. The van der Waals surface area contributed by atoms with Gasteiger partial charge in [-0.1, -0.05) is 42.4 Å². The van der Waals surface area contributed by atoms with E-state index in [-0.39, 0.29) is 5.91 Å². The van der Waals surface area contributed by atoms with Crippen molar-refractivity contribution >= 4 is 46.6 Å². The maximum Gasteiger partial charge on any atom is 0.247 e. The Kier molecular flexibility index (Phi) is 6.03. The molecular weight excluding hydrogens is 458 g/mol. The van der Waals surface area contributed by atoms with Gasteiger partial charge in [0.15, 0.2) is 5.65 Å². The van der Waals surface area contributed by atoms with Crippen LogP contribution in [-0.2, 0) is 4.79 Å². The van der Waals surface area contributed by atoms with Crippen LogP contribution in [0.25, 0.3) is 5.65 Å². The van der Waals surface area contributed by atoms with Crippen LogP contribution >= 0.6 is 23.4 Å². The number of nitrogens with one attached hydrogen (secondary N) is 1. The Labute approximate surface area is 201 Å². The highest BCUT2D eigenvalue weighted by molar-refractivity contribution is 7.99. The molecule has 1 saturated heterocycles. The van der Waals surface area contributed by atoms with Crippen molar-refractivity contribution in [2.75, 3.05) is 23.3 Å². The molecule has 1 aliphatic carbocycles. The third-order valence-electron chi connectivity index (χ3n) is 6.93. The summed E-state index contributed by atoms with van der Waals surface area (Å²) in [5, 5.41) is 11.7. The van der Waals surface area contributed by atoms with Gasteiger partial charge in [-0.25, -0.2) is 9.38 Å². The van der Waals surface area contributed by atoms with Gasteiger partial charge in [0.2, 0.25) is 11.9 Å². The minimum Gasteiger partial charge on any atom is -0.342 e. The van der Waals surface area contributed by atoms with Crippen molar-refractivity contribution in [1.29, 1.82) is 0 Å². The van der Waals surface area contributed by atoms with Crippen LogP contribution in [-0.4, -0.2) is 44.6 Å². The minimum absolute atomic E-state index is 0.293. The average molecular weight is 484 g/mol. The fraction of sp³-hybridized carbons (Fsp3) is 0.391. The van der Waals surface area contributed by atoms with E-state index in [0.717, 1.165) is 53.7 Å². The van der Waals surface area contributed by atoms with E-state index in [4.69, 9.17) is 22.3 Å². The molecule has 2 fully saturated rings. The number of carbonyl (C=O) groups excluding carboxylic acids is 1. The van der Waals surface area contributed by atoms with Crippen molar-refractivity contribution in [1.82, 2.24) is 19.6 Å². The van der Waals surface area contributed by atoms with Gasteiger partial charge in [0.1, 0.15) is 6.33 Å². The first-order chi connectivity index (χ1) is 16.0. The first-order valence-corrected chi connectivity index (χ1v) is 12.3. The number of amides is 1. The van der Waals surface area contributed by atoms with Crippen LogP contribution in [0, 0.1) is 5.41 Å². The normalized spacial score (nSPS) is 19.8. The van der Waals surface area contributed by atoms with Crippen LogP contribution in [0.1, 0.15) is 32.1 Å². The summed E-state index contributed by atoms with van der Waals surface area (Å²) >= 11 is 8.00. The number of aromatic nitrogens is 4. The predicted molar refractivity (Wildman–Crippen MR) is 131 cm³/mol. The number of nitrogens with zero attached hydrogens (tertiary/aromatic N) is 5. The Morgan fingerprint density at radius 2 is 2.12 bits per heavy atom. The Bertz CT molecular complexity index is 1200. The average Bonchev–Trinajstić information content (AvgIpc) is 3.45. The number of anilines is 2. The van der Waals surface area contributed by atoms with Gasteiger partial charge in [0, 0.05) is 30.2 Å². The number of hydrogen-bond acceptors (Lipinski definition) is 7.